The zero-order chi connectivity index (χ0) is 11.0. The van der Waals surface area contributed by atoms with Crippen LogP contribution in [0.5, 0.6) is 0 Å². The fourth-order valence-electron chi connectivity index (χ4n) is 1.60. The van der Waals surface area contributed by atoms with Crippen LogP contribution in [0.2, 0.25) is 0 Å². The lowest BCUT2D eigenvalue weighted by Gasteiger charge is -2.19. The van der Waals surface area contributed by atoms with E-state index in [0.717, 1.165) is 0 Å². The molecule has 2 rings (SSSR count). The molecule has 1 saturated heterocycles. The largest absolute Gasteiger partial charge is 0.461 e. The maximum atomic E-state index is 11.3. The minimum absolute atomic E-state index is 0.217. The first-order valence-electron chi connectivity index (χ1n) is 4.98. The van der Waals surface area contributed by atoms with Crippen LogP contribution in [0.25, 0.3) is 0 Å². The highest BCUT2D eigenvalue weighted by Crippen LogP contribution is 2.27. The van der Waals surface area contributed by atoms with Crippen LogP contribution in [0.3, 0.4) is 0 Å². The van der Waals surface area contributed by atoms with Crippen molar-refractivity contribution < 1.29 is 24.5 Å². The smallest absolute Gasteiger partial charge is 0.338 e. The summed E-state index contributed by atoms with van der Waals surface area (Å²) >= 11 is 0. The minimum atomic E-state index is -0.936. The third-order valence-electron chi connectivity index (χ3n) is 2.54. The van der Waals surface area contributed by atoms with Gasteiger partial charge in [0, 0.05) is 6.42 Å². The summed E-state index contributed by atoms with van der Waals surface area (Å²) in [5.74, 6) is -0.402. The Balaban J connectivity index is 2.09. The molecule has 1 fully saturated rings. The summed E-state index contributed by atoms with van der Waals surface area (Å²) in [6.07, 6.45) is 0.133. The van der Waals surface area contributed by atoms with Crippen molar-refractivity contribution in [2.45, 2.75) is 43.9 Å². The number of ether oxygens (including phenoxy) is 2. The molecule has 2 aliphatic rings. The Hall–Kier alpha value is -0.910. The molecule has 2 aliphatic heterocycles. The molecule has 0 spiro atoms. The lowest BCUT2D eigenvalue weighted by atomic mass is 10.1. The minimum Gasteiger partial charge on any atom is -0.461 e. The highest BCUT2D eigenvalue weighted by molar-refractivity contribution is 5.78. The van der Waals surface area contributed by atoms with E-state index < -0.39 is 30.4 Å². The van der Waals surface area contributed by atoms with Gasteiger partial charge in [-0.15, -0.1) is 0 Å². The number of cyclic esters (lactones) is 1. The van der Waals surface area contributed by atoms with E-state index in [-0.39, 0.29) is 12.5 Å². The molecule has 0 aromatic carbocycles. The number of aliphatic hydroxyl groups excluding tert-OH is 2. The predicted octanol–water partition coefficient (Wildman–Crippen LogP) is -0.633. The van der Waals surface area contributed by atoms with Crippen LogP contribution in [0.4, 0.5) is 0 Å². The lowest BCUT2D eigenvalue weighted by Crippen LogP contribution is -2.31. The molecule has 84 valence electrons. The molecule has 0 saturated carbocycles. The molecule has 2 N–H and O–H groups in total. The van der Waals surface area contributed by atoms with Gasteiger partial charge in [-0.3, -0.25) is 0 Å². The van der Waals surface area contributed by atoms with Gasteiger partial charge in [-0.05, 0) is 6.92 Å². The summed E-state index contributed by atoms with van der Waals surface area (Å²) in [6.45, 7) is 1.68. The number of hydrogen-bond donors (Lipinski definition) is 2. The topological polar surface area (TPSA) is 79.3 Å². The van der Waals surface area contributed by atoms with Crippen molar-refractivity contribution in [1.29, 1.82) is 0 Å². The number of rotatable bonds is 0. The van der Waals surface area contributed by atoms with Crippen molar-refractivity contribution in [2.75, 3.05) is 0 Å². The molecular weight excluding hydrogens is 200 g/mol. The summed E-state index contributed by atoms with van der Waals surface area (Å²) in [5, 5.41) is 19.0. The molecule has 0 radical (unpaired) electrons. The van der Waals surface area contributed by atoms with Gasteiger partial charge in [0.1, 0.15) is 12.2 Å². The quantitative estimate of drug-likeness (QED) is 0.319. The maximum absolute atomic E-state index is 11.3. The Bertz CT molecular complexity index is 288. The zero-order valence-electron chi connectivity index (χ0n) is 8.37. The monoisotopic (exact) mass is 214 g/mol. The van der Waals surface area contributed by atoms with Crippen LogP contribution in [0.1, 0.15) is 13.3 Å². The van der Waals surface area contributed by atoms with Gasteiger partial charge in [0.2, 0.25) is 0 Å². The van der Waals surface area contributed by atoms with Crippen LogP contribution in [-0.4, -0.2) is 46.7 Å². The lowest BCUT2D eigenvalue weighted by molar-refractivity contribution is -0.151. The molecule has 0 aromatic heterocycles. The van der Waals surface area contributed by atoms with E-state index in [2.05, 4.69) is 0 Å². The molecule has 0 amide bonds. The number of esters is 1. The van der Waals surface area contributed by atoms with E-state index in [4.69, 9.17) is 9.47 Å². The molecule has 0 aliphatic carbocycles. The molecule has 15 heavy (non-hydrogen) atoms. The van der Waals surface area contributed by atoms with E-state index in [1.54, 1.807) is 13.0 Å². The number of epoxide rings is 1. The van der Waals surface area contributed by atoms with Crippen LogP contribution in [0.15, 0.2) is 12.2 Å². The van der Waals surface area contributed by atoms with Crippen LogP contribution in [0, 0.1) is 0 Å². The number of hydrogen-bond acceptors (Lipinski definition) is 5. The van der Waals surface area contributed by atoms with Crippen molar-refractivity contribution in [3.05, 3.63) is 12.2 Å². The van der Waals surface area contributed by atoms with E-state index in [9.17, 15) is 15.0 Å². The van der Waals surface area contributed by atoms with Crippen molar-refractivity contribution in [3.63, 3.8) is 0 Å². The molecule has 5 atom stereocenters. The van der Waals surface area contributed by atoms with Gasteiger partial charge in [0.05, 0.1) is 12.2 Å². The number of aliphatic hydroxyl groups is 2. The summed E-state index contributed by atoms with van der Waals surface area (Å²) in [7, 11) is 0. The first-order valence-corrected chi connectivity index (χ1v) is 4.98. The van der Waals surface area contributed by atoms with E-state index in [1.165, 1.54) is 6.08 Å². The van der Waals surface area contributed by atoms with Crippen LogP contribution < -0.4 is 0 Å². The fraction of sp³-hybridized carbons (Fsp3) is 0.700. The molecule has 2 heterocycles. The van der Waals surface area contributed by atoms with Gasteiger partial charge in [-0.25, -0.2) is 4.79 Å². The SMILES string of the molecule is C[C@@H]1C[C@H](O)[C@H](O)/C=C/[C@@H]2O[C@@H]2C(=O)O1. The average molecular weight is 214 g/mol. The second-order valence-electron chi connectivity index (χ2n) is 3.95. The molecular formula is C10H14O5. The van der Waals surface area contributed by atoms with Gasteiger partial charge in [0.25, 0.3) is 0 Å². The predicted molar refractivity (Wildman–Crippen MR) is 50.0 cm³/mol. The van der Waals surface area contributed by atoms with Crippen molar-refractivity contribution in [2.24, 2.45) is 0 Å². The van der Waals surface area contributed by atoms with Gasteiger partial charge in [-0.1, -0.05) is 12.2 Å². The summed E-state index contributed by atoms with van der Waals surface area (Å²) in [6, 6.07) is 0. The Morgan fingerprint density at radius 1 is 1.40 bits per heavy atom. The van der Waals surface area contributed by atoms with Gasteiger partial charge in [0.15, 0.2) is 6.10 Å². The normalized spacial score (nSPS) is 47.7. The van der Waals surface area contributed by atoms with E-state index >= 15 is 0 Å². The molecule has 0 bridgehead atoms. The fourth-order valence-corrected chi connectivity index (χ4v) is 1.60. The Kier molecular flexibility index (Phi) is 2.77. The highest BCUT2D eigenvalue weighted by Gasteiger charge is 2.45. The van der Waals surface area contributed by atoms with E-state index in [0.29, 0.717) is 0 Å². The van der Waals surface area contributed by atoms with Crippen molar-refractivity contribution in [3.8, 4) is 0 Å². The second-order valence-corrected chi connectivity index (χ2v) is 3.95. The van der Waals surface area contributed by atoms with E-state index in [1.807, 2.05) is 0 Å². The van der Waals surface area contributed by atoms with Crippen molar-refractivity contribution in [1.82, 2.24) is 0 Å². The Labute approximate surface area is 87.3 Å². The van der Waals surface area contributed by atoms with Gasteiger partial charge < -0.3 is 19.7 Å². The van der Waals surface area contributed by atoms with Crippen molar-refractivity contribution >= 4 is 5.97 Å². The first kappa shape index (κ1) is 10.6. The molecule has 5 nitrogen and oxygen atoms in total. The highest BCUT2D eigenvalue weighted by atomic mass is 16.6. The summed E-state index contributed by atoms with van der Waals surface area (Å²) in [4.78, 5) is 11.3. The third-order valence-corrected chi connectivity index (χ3v) is 2.54. The standard InChI is InChI=1S/C10H14O5/c1-5-4-7(12)6(11)2-3-8-9(15-8)10(13)14-5/h2-3,5-9,11-12H,4H2,1H3/b3-2+/t5-,6-,7+,8+,9+/m1/s1. The summed E-state index contributed by atoms with van der Waals surface area (Å²) in [5.41, 5.74) is 0. The first-order chi connectivity index (χ1) is 7.08. The molecule has 0 aromatic rings. The Morgan fingerprint density at radius 2 is 2.13 bits per heavy atom. The number of carbonyl (C=O) groups is 1. The average Bonchev–Trinajstić information content (AvgIpc) is 2.91. The zero-order valence-corrected chi connectivity index (χ0v) is 8.37. The van der Waals surface area contributed by atoms with Crippen LogP contribution in [-0.2, 0) is 14.3 Å². The van der Waals surface area contributed by atoms with Gasteiger partial charge >= 0.3 is 5.97 Å². The van der Waals surface area contributed by atoms with Gasteiger partial charge in [-0.2, -0.15) is 0 Å². The third kappa shape index (κ3) is 2.37. The molecule has 5 heteroatoms. The van der Waals surface area contributed by atoms with Crippen LogP contribution >= 0.6 is 0 Å². The number of carbonyl (C=O) groups excluding carboxylic acids is 1. The Morgan fingerprint density at radius 3 is 2.87 bits per heavy atom. The maximum Gasteiger partial charge on any atom is 0.338 e. The molecule has 0 unspecified atom stereocenters. The summed E-state index contributed by atoms with van der Waals surface area (Å²) < 4.78 is 10.1. The number of fused-ring (bicyclic) bond motifs is 1. The second kappa shape index (κ2) is 3.92.